The number of benzene rings is 4. The van der Waals surface area contributed by atoms with E-state index in [9.17, 15) is 13.2 Å². The van der Waals surface area contributed by atoms with Crippen LogP contribution in [-0.2, 0) is 14.8 Å². The molecule has 1 heterocycles. The maximum absolute atomic E-state index is 13.1. The molecule has 5 rings (SSSR count). The quantitative estimate of drug-likeness (QED) is 0.331. The number of rotatable bonds is 6. The molecule has 0 unspecified atom stereocenters. The summed E-state index contributed by atoms with van der Waals surface area (Å²) in [5, 5.41) is 6.27. The van der Waals surface area contributed by atoms with E-state index >= 15 is 0 Å². The van der Waals surface area contributed by atoms with Crippen molar-refractivity contribution in [1.82, 2.24) is 0 Å². The maximum atomic E-state index is 13.1. The number of para-hydroxylation sites is 1. The van der Waals surface area contributed by atoms with Crippen LogP contribution in [0.4, 0.5) is 17.1 Å². The Morgan fingerprint density at radius 3 is 2.00 bits per heavy atom. The van der Waals surface area contributed by atoms with E-state index in [0.29, 0.717) is 28.2 Å². The van der Waals surface area contributed by atoms with E-state index in [1.807, 2.05) is 60.7 Å². The van der Waals surface area contributed by atoms with Crippen LogP contribution in [0.1, 0.15) is 11.1 Å². The molecule has 1 aliphatic heterocycles. The number of hydrogen-bond donors (Lipinski definition) is 3. The Balaban J connectivity index is 1.61. The van der Waals surface area contributed by atoms with Crippen LogP contribution in [0.5, 0.6) is 0 Å². The number of nitrogens with one attached hydrogen (secondary N) is 3. The fraction of sp³-hybridized carbons (Fsp3) is 0. The minimum atomic E-state index is -3.77. The Hall–Kier alpha value is -4.36. The molecule has 4 aromatic carbocycles. The first kappa shape index (κ1) is 21.5. The third kappa shape index (κ3) is 4.29. The molecule has 0 atom stereocenters. The van der Waals surface area contributed by atoms with Crippen molar-refractivity contribution in [3.05, 3.63) is 120 Å². The Morgan fingerprint density at radius 1 is 0.706 bits per heavy atom. The van der Waals surface area contributed by atoms with Gasteiger partial charge in [0.05, 0.1) is 16.2 Å². The lowest BCUT2D eigenvalue weighted by Crippen LogP contribution is -2.13. The first-order valence-electron chi connectivity index (χ1n) is 10.7. The topological polar surface area (TPSA) is 87.3 Å². The first-order chi connectivity index (χ1) is 16.5. The van der Waals surface area contributed by atoms with Gasteiger partial charge in [0.25, 0.3) is 15.9 Å². The Morgan fingerprint density at radius 2 is 1.32 bits per heavy atom. The lowest BCUT2D eigenvalue weighted by Gasteiger charge is -2.15. The van der Waals surface area contributed by atoms with Gasteiger partial charge in [-0.05, 0) is 48.0 Å². The van der Waals surface area contributed by atoms with E-state index in [0.717, 1.165) is 11.3 Å². The summed E-state index contributed by atoms with van der Waals surface area (Å²) in [6.07, 6.45) is 0. The molecular formula is C27H21N3O3S. The van der Waals surface area contributed by atoms with Gasteiger partial charge < -0.3 is 10.6 Å². The molecule has 0 radical (unpaired) electrons. The van der Waals surface area contributed by atoms with Gasteiger partial charge in [-0.15, -0.1) is 0 Å². The zero-order chi connectivity index (χ0) is 23.5. The van der Waals surface area contributed by atoms with Gasteiger partial charge in [0, 0.05) is 22.6 Å². The van der Waals surface area contributed by atoms with Crippen molar-refractivity contribution in [3.8, 4) is 0 Å². The number of hydrogen-bond acceptors (Lipinski definition) is 4. The van der Waals surface area contributed by atoms with Crippen molar-refractivity contribution in [2.24, 2.45) is 0 Å². The monoisotopic (exact) mass is 467 g/mol. The molecule has 0 saturated heterocycles. The fourth-order valence-corrected chi connectivity index (χ4v) is 4.91. The van der Waals surface area contributed by atoms with Gasteiger partial charge in [-0.3, -0.25) is 9.52 Å². The number of anilines is 3. The lowest BCUT2D eigenvalue weighted by molar-refractivity contribution is -0.110. The molecule has 0 fully saturated rings. The van der Waals surface area contributed by atoms with E-state index in [2.05, 4.69) is 15.4 Å². The van der Waals surface area contributed by atoms with E-state index < -0.39 is 10.0 Å². The van der Waals surface area contributed by atoms with Crippen molar-refractivity contribution in [2.45, 2.75) is 4.90 Å². The highest BCUT2D eigenvalue weighted by Crippen LogP contribution is 2.39. The van der Waals surface area contributed by atoms with Crippen molar-refractivity contribution >= 4 is 44.3 Å². The van der Waals surface area contributed by atoms with E-state index in [4.69, 9.17) is 0 Å². The summed E-state index contributed by atoms with van der Waals surface area (Å²) in [5.41, 5.74) is 4.32. The van der Waals surface area contributed by atoms with Crippen LogP contribution in [0, 0.1) is 0 Å². The van der Waals surface area contributed by atoms with Crippen LogP contribution < -0.4 is 15.4 Å². The molecule has 34 heavy (non-hydrogen) atoms. The van der Waals surface area contributed by atoms with Gasteiger partial charge in [0.2, 0.25) is 0 Å². The molecule has 1 aliphatic rings. The van der Waals surface area contributed by atoms with Crippen molar-refractivity contribution in [2.75, 3.05) is 15.4 Å². The van der Waals surface area contributed by atoms with Crippen LogP contribution in [0.2, 0.25) is 0 Å². The number of carbonyl (C=O) groups excluding carboxylic acids is 1. The average molecular weight is 468 g/mol. The highest BCUT2D eigenvalue weighted by atomic mass is 32.2. The maximum Gasteiger partial charge on any atom is 0.261 e. The van der Waals surface area contributed by atoms with Crippen molar-refractivity contribution < 1.29 is 13.2 Å². The highest BCUT2D eigenvalue weighted by molar-refractivity contribution is 7.92. The first-order valence-corrected chi connectivity index (χ1v) is 12.1. The predicted molar refractivity (Wildman–Crippen MR) is 136 cm³/mol. The predicted octanol–water partition coefficient (Wildman–Crippen LogP) is 5.42. The molecule has 7 heteroatoms. The van der Waals surface area contributed by atoms with E-state index in [-0.39, 0.29) is 10.8 Å². The molecule has 0 aliphatic carbocycles. The summed E-state index contributed by atoms with van der Waals surface area (Å²) in [6.45, 7) is 0. The van der Waals surface area contributed by atoms with Crippen molar-refractivity contribution in [3.63, 3.8) is 0 Å². The zero-order valence-electron chi connectivity index (χ0n) is 18.0. The summed E-state index contributed by atoms with van der Waals surface area (Å²) >= 11 is 0. The third-order valence-corrected chi connectivity index (χ3v) is 6.82. The van der Waals surface area contributed by atoms with Gasteiger partial charge in [0.15, 0.2) is 0 Å². The third-order valence-electron chi connectivity index (χ3n) is 5.43. The van der Waals surface area contributed by atoms with Gasteiger partial charge in [-0.2, -0.15) is 0 Å². The second-order valence-electron chi connectivity index (χ2n) is 7.74. The highest BCUT2D eigenvalue weighted by Gasteiger charge is 2.29. The van der Waals surface area contributed by atoms with Crippen LogP contribution in [0.3, 0.4) is 0 Å². The number of sulfonamides is 1. The molecule has 168 valence electrons. The molecule has 0 bridgehead atoms. The average Bonchev–Trinajstić information content (AvgIpc) is 3.19. The van der Waals surface area contributed by atoms with Gasteiger partial charge in [-0.1, -0.05) is 66.7 Å². The summed E-state index contributed by atoms with van der Waals surface area (Å²) in [4.78, 5) is 13.3. The summed E-state index contributed by atoms with van der Waals surface area (Å²) in [6, 6.07) is 32.3. The summed E-state index contributed by atoms with van der Waals surface area (Å²) in [7, 11) is -3.77. The lowest BCUT2D eigenvalue weighted by atomic mass is 9.99. The van der Waals surface area contributed by atoms with Gasteiger partial charge in [0.1, 0.15) is 0 Å². The summed E-state index contributed by atoms with van der Waals surface area (Å²) in [5.74, 6) is -0.264. The largest absolute Gasteiger partial charge is 0.354 e. The molecule has 1 amide bonds. The molecular weight excluding hydrogens is 446 g/mol. The Kier molecular flexibility index (Phi) is 5.61. The number of carbonyl (C=O) groups is 1. The van der Waals surface area contributed by atoms with Gasteiger partial charge >= 0.3 is 0 Å². The standard InChI is InChI=1S/C27H21N3O3S/c31-27-25(26(19-10-4-1-5-11-19)28-20-12-6-2-7-13-20)23-18-21(16-17-24(23)29-27)30-34(32,33)22-14-8-3-9-15-22/h1-18,28,30H,(H,29,31)/b26-25+. The Bertz CT molecular complexity index is 1480. The van der Waals surface area contributed by atoms with Gasteiger partial charge in [-0.25, -0.2) is 8.42 Å². The Labute approximate surface area is 198 Å². The second-order valence-corrected chi connectivity index (χ2v) is 9.42. The molecule has 0 aromatic heterocycles. The van der Waals surface area contributed by atoms with Crippen LogP contribution in [0.15, 0.2) is 114 Å². The van der Waals surface area contributed by atoms with E-state index in [1.165, 1.54) is 12.1 Å². The molecule has 6 nitrogen and oxygen atoms in total. The molecule has 3 N–H and O–H groups in total. The minimum Gasteiger partial charge on any atom is -0.354 e. The zero-order valence-corrected chi connectivity index (χ0v) is 18.8. The smallest absolute Gasteiger partial charge is 0.261 e. The van der Waals surface area contributed by atoms with Crippen LogP contribution in [0.25, 0.3) is 11.3 Å². The normalized spacial score (nSPS) is 14.2. The molecule has 0 saturated carbocycles. The molecule has 0 spiro atoms. The minimum absolute atomic E-state index is 0.163. The number of amides is 1. The fourth-order valence-electron chi connectivity index (χ4n) is 3.84. The SMILES string of the molecule is O=C1Nc2ccc(NS(=O)(=O)c3ccccc3)cc2/C1=C(\Nc1ccccc1)c1ccccc1. The summed E-state index contributed by atoms with van der Waals surface area (Å²) < 4.78 is 28.3. The van der Waals surface area contributed by atoms with E-state index in [1.54, 1.807) is 36.4 Å². The van der Waals surface area contributed by atoms with Crippen LogP contribution in [-0.4, -0.2) is 14.3 Å². The van der Waals surface area contributed by atoms with Crippen molar-refractivity contribution in [1.29, 1.82) is 0 Å². The second kappa shape index (κ2) is 8.88. The molecule has 4 aromatic rings. The number of fused-ring (bicyclic) bond motifs is 1. The van der Waals surface area contributed by atoms with Crippen LogP contribution >= 0.6 is 0 Å².